The quantitative estimate of drug-likeness (QED) is 0.653. The molecule has 0 saturated carbocycles. The van der Waals surface area contributed by atoms with E-state index in [9.17, 15) is 4.79 Å². The third-order valence-electron chi connectivity index (χ3n) is 2.44. The summed E-state index contributed by atoms with van der Waals surface area (Å²) >= 11 is 5.74. The molecule has 4 heteroatoms. The van der Waals surface area contributed by atoms with Gasteiger partial charge in [0.15, 0.2) is 5.78 Å². The molecule has 0 aliphatic rings. The summed E-state index contributed by atoms with van der Waals surface area (Å²) in [6.45, 7) is 0. The number of nitriles is 1. The number of hydrogen-bond acceptors (Lipinski definition) is 2. The molecule has 2 rings (SSSR count). The van der Waals surface area contributed by atoms with Crippen molar-refractivity contribution in [3.05, 3.63) is 35.5 Å². The third-order valence-corrected chi connectivity index (χ3v) is 2.75. The van der Waals surface area contributed by atoms with Crippen molar-refractivity contribution in [1.82, 2.24) is 4.98 Å². The molecule has 16 heavy (non-hydrogen) atoms. The minimum atomic E-state index is -0.166. The van der Waals surface area contributed by atoms with E-state index in [1.807, 2.05) is 24.3 Å². The predicted octanol–water partition coefficient (Wildman–Crippen LogP) is 3.00. The van der Waals surface area contributed by atoms with Gasteiger partial charge in [0.05, 0.1) is 12.5 Å². The summed E-state index contributed by atoms with van der Waals surface area (Å²) in [5, 5.41) is 9.34. The smallest absolute Gasteiger partial charge is 0.179 e. The zero-order valence-electron chi connectivity index (χ0n) is 8.46. The van der Waals surface area contributed by atoms with Crippen LogP contribution in [0.2, 0.25) is 0 Å². The number of alkyl halides is 1. The maximum Gasteiger partial charge on any atom is 0.179 e. The number of carbonyl (C=O) groups excluding carboxylic acids is 1. The van der Waals surface area contributed by atoms with E-state index in [2.05, 4.69) is 4.98 Å². The number of halogens is 1. The Hall–Kier alpha value is -1.79. The number of ketones is 1. The summed E-state index contributed by atoms with van der Waals surface area (Å²) in [4.78, 5) is 14.6. The van der Waals surface area contributed by atoms with E-state index in [4.69, 9.17) is 16.9 Å². The lowest BCUT2D eigenvalue weighted by Gasteiger charge is -1.97. The van der Waals surface area contributed by atoms with E-state index < -0.39 is 0 Å². The van der Waals surface area contributed by atoms with Crippen LogP contribution < -0.4 is 0 Å². The monoisotopic (exact) mass is 232 g/mol. The van der Waals surface area contributed by atoms with Crippen molar-refractivity contribution in [1.29, 1.82) is 5.26 Å². The Morgan fingerprint density at radius 1 is 1.50 bits per heavy atom. The van der Waals surface area contributed by atoms with Crippen LogP contribution in [0.4, 0.5) is 0 Å². The van der Waals surface area contributed by atoms with Gasteiger partial charge in [-0.15, -0.1) is 11.6 Å². The molecule has 0 fully saturated rings. The lowest BCUT2D eigenvalue weighted by atomic mass is 10.1. The molecule has 1 heterocycles. The standard InChI is InChI=1S/C12H9ClN2O/c13-6-8-1-2-11-9(5-8)10(7-15-11)12(16)3-4-14/h1-2,5,7,15H,3,6H2. The van der Waals surface area contributed by atoms with Gasteiger partial charge < -0.3 is 4.98 Å². The number of nitrogens with one attached hydrogen (secondary N) is 1. The Morgan fingerprint density at radius 2 is 2.31 bits per heavy atom. The second-order valence-corrected chi connectivity index (χ2v) is 3.74. The fourth-order valence-electron chi connectivity index (χ4n) is 1.65. The summed E-state index contributed by atoms with van der Waals surface area (Å²) in [6, 6.07) is 7.53. The molecule has 0 atom stereocenters. The molecular weight excluding hydrogens is 224 g/mol. The van der Waals surface area contributed by atoms with Gasteiger partial charge in [-0.2, -0.15) is 5.26 Å². The van der Waals surface area contributed by atoms with Crippen molar-refractivity contribution in [3.63, 3.8) is 0 Å². The number of Topliss-reactive ketones (excluding diaryl/α,β-unsaturated/α-hetero) is 1. The molecule has 3 nitrogen and oxygen atoms in total. The molecular formula is C12H9ClN2O. The van der Waals surface area contributed by atoms with Crippen LogP contribution in [0.25, 0.3) is 10.9 Å². The SMILES string of the molecule is N#CCC(=O)c1c[nH]c2ccc(CCl)cc12. The van der Waals surface area contributed by atoms with E-state index in [1.54, 1.807) is 6.20 Å². The Kier molecular flexibility index (Phi) is 2.93. The van der Waals surface area contributed by atoms with Crippen LogP contribution in [0, 0.1) is 11.3 Å². The maximum atomic E-state index is 11.6. The van der Waals surface area contributed by atoms with Crippen molar-refractivity contribution >= 4 is 28.3 Å². The van der Waals surface area contributed by atoms with Gasteiger partial charge in [-0.1, -0.05) is 6.07 Å². The van der Waals surface area contributed by atoms with Crippen LogP contribution in [-0.4, -0.2) is 10.8 Å². The van der Waals surface area contributed by atoms with E-state index in [0.29, 0.717) is 11.4 Å². The normalized spacial score (nSPS) is 10.2. The minimum Gasteiger partial charge on any atom is -0.360 e. The molecule has 1 aromatic heterocycles. The van der Waals surface area contributed by atoms with Gasteiger partial charge in [0.1, 0.15) is 0 Å². The van der Waals surface area contributed by atoms with Crippen LogP contribution in [0.15, 0.2) is 24.4 Å². The molecule has 80 valence electrons. The number of H-pyrrole nitrogens is 1. The number of aromatic nitrogens is 1. The average molecular weight is 233 g/mol. The van der Waals surface area contributed by atoms with Gasteiger partial charge in [0.2, 0.25) is 0 Å². The number of aromatic amines is 1. The fraction of sp³-hybridized carbons (Fsp3) is 0.167. The molecule has 0 amide bonds. The van der Waals surface area contributed by atoms with Gasteiger partial charge in [0.25, 0.3) is 0 Å². The average Bonchev–Trinajstić information content (AvgIpc) is 2.71. The summed E-state index contributed by atoms with van der Waals surface area (Å²) in [7, 11) is 0. The number of hydrogen-bond donors (Lipinski definition) is 1. The van der Waals surface area contributed by atoms with E-state index in [1.165, 1.54) is 0 Å². The van der Waals surface area contributed by atoms with Gasteiger partial charge in [0, 0.05) is 28.5 Å². The molecule has 0 aliphatic carbocycles. The lowest BCUT2D eigenvalue weighted by Crippen LogP contribution is -1.95. The summed E-state index contributed by atoms with van der Waals surface area (Å²) < 4.78 is 0. The molecule has 0 bridgehead atoms. The molecule has 0 aliphatic heterocycles. The number of carbonyl (C=O) groups is 1. The van der Waals surface area contributed by atoms with Crippen LogP contribution >= 0.6 is 11.6 Å². The van der Waals surface area contributed by atoms with Crippen LogP contribution in [0.3, 0.4) is 0 Å². The molecule has 0 radical (unpaired) electrons. The summed E-state index contributed by atoms with van der Waals surface area (Å²) in [5.74, 6) is 0.243. The molecule has 1 aromatic carbocycles. The van der Waals surface area contributed by atoms with E-state index >= 15 is 0 Å². The van der Waals surface area contributed by atoms with Crippen molar-refractivity contribution in [2.45, 2.75) is 12.3 Å². The minimum absolute atomic E-state index is 0.0992. The van der Waals surface area contributed by atoms with E-state index in [0.717, 1.165) is 16.5 Å². The first-order valence-corrected chi connectivity index (χ1v) is 5.36. The lowest BCUT2D eigenvalue weighted by molar-refractivity contribution is 0.0999. The highest BCUT2D eigenvalue weighted by Crippen LogP contribution is 2.21. The highest BCUT2D eigenvalue weighted by atomic mass is 35.5. The van der Waals surface area contributed by atoms with Crippen molar-refractivity contribution in [2.75, 3.05) is 0 Å². The first-order chi connectivity index (χ1) is 7.76. The molecule has 0 spiro atoms. The second kappa shape index (κ2) is 4.38. The van der Waals surface area contributed by atoms with Gasteiger partial charge >= 0.3 is 0 Å². The second-order valence-electron chi connectivity index (χ2n) is 3.47. The first kappa shape index (κ1) is 10.7. The molecule has 0 unspecified atom stereocenters. The fourth-order valence-corrected chi connectivity index (χ4v) is 1.81. The first-order valence-electron chi connectivity index (χ1n) is 4.82. The molecule has 2 aromatic rings. The zero-order chi connectivity index (χ0) is 11.5. The van der Waals surface area contributed by atoms with Crippen LogP contribution in [-0.2, 0) is 5.88 Å². The Labute approximate surface area is 97.6 Å². The zero-order valence-corrected chi connectivity index (χ0v) is 9.21. The van der Waals surface area contributed by atoms with Gasteiger partial charge in [-0.3, -0.25) is 4.79 Å². The number of rotatable bonds is 3. The largest absolute Gasteiger partial charge is 0.360 e. The highest BCUT2D eigenvalue weighted by Gasteiger charge is 2.11. The van der Waals surface area contributed by atoms with Crippen molar-refractivity contribution < 1.29 is 4.79 Å². The maximum absolute atomic E-state index is 11.6. The van der Waals surface area contributed by atoms with Crippen LogP contribution in [0.5, 0.6) is 0 Å². The Morgan fingerprint density at radius 3 is 3.00 bits per heavy atom. The van der Waals surface area contributed by atoms with Gasteiger partial charge in [-0.25, -0.2) is 0 Å². The highest BCUT2D eigenvalue weighted by molar-refractivity contribution is 6.17. The third kappa shape index (κ3) is 1.80. The number of nitrogens with zero attached hydrogens (tertiary/aromatic N) is 1. The number of benzene rings is 1. The Balaban J connectivity index is 2.54. The van der Waals surface area contributed by atoms with E-state index in [-0.39, 0.29) is 12.2 Å². The van der Waals surface area contributed by atoms with Crippen molar-refractivity contribution in [3.8, 4) is 6.07 Å². The predicted molar refractivity (Wildman–Crippen MR) is 62.4 cm³/mol. The van der Waals surface area contributed by atoms with Gasteiger partial charge in [-0.05, 0) is 17.7 Å². The van der Waals surface area contributed by atoms with Crippen molar-refractivity contribution in [2.24, 2.45) is 0 Å². The summed E-state index contributed by atoms with van der Waals surface area (Å²) in [6.07, 6.45) is 1.54. The molecule has 1 N–H and O–H groups in total. The molecule has 0 saturated heterocycles. The summed E-state index contributed by atoms with van der Waals surface area (Å²) in [5.41, 5.74) is 2.40. The van der Waals surface area contributed by atoms with Crippen LogP contribution in [0.1, 0.15) is 22.3 Å². The number of fused-ring (bicyclic) bond motifs is 1. The topological polar surface area (TPSA) is 56.6 Å². The Bertz CT molecular complexity index is 580.